The van der Waals surface area contributed by atoms with Crippen LogP contribution in [0.1, 0.15) is 43.4 Å². The van der Waals surface area contributed by atoms with Gasteiger partial charge in [0, 0.05) is 42.4 Å². The Labute approximate surface area is 233 Å². The number of aromatic nitrogens is 1. The Hall–Kier alpha value is -3.85. The molecule has 9 heteroatoms. The van der Waals surface area contributed by atoms with Crippen LogP contribution in [0.3, 0.4) is 0 Å². The molecule has 0 saturated carbocycles. The van der Waals surface area contributed by atoms with Gasteiger partial charge in [-0.2, -0.15) is 0 Å². The number of benzene rings is 3. The van der Waals surface area contributed by atoms with Crippen LogP contribution in [0.15, 0.2) is 71.3 Å². The first-order valence-electron chi connectivity index (χ1n) is 12.5. The van der Waals surface area contributed by atoms with E-state index in [1.807, 2.05) is 31.2 Å². The normalized spacial score (nSPS) is 16.0. The maximum atomic E-state index is 14.2. The largest absolute Gasteiger partial charge is 0.490 e. The number of carbonyl (C=O) groups excluding carboxylic acids is 2. The zero-order valence-electron chi connectivity index (χ0n) is 21.6. The summed E-state index contributed by atoms with van der Waals surface area (Å²) < 4.78 is 37.7. The smallest absolute Gasteiger partial charge is 0.324 e. The molecule has 1 atom stereocenters. The maximum absolute atomic E-state index is 14.2. The van der Waals surface area contributed by atoms with E-state index in [9.17, 15) is 14.0 Å². The van der Waals surface area contributed by atoms with Crippen molar-refractivity contribution in [2.75, 3.05) is 6.61 Å². The highest BCUT2D eigenvalue weighted by Crippen LogP contribution is 2.45. The first-order valence-corrected chi connectivity index (χ1v) is 13.3. The molecule has 1 aliphatic rings. The van der Waals surface area contributed by atoms with Crippen LogP contribution in [0.25, 0.3) is 10.9 Å². The summed E-state index contributed by atoms with van der Waals surface area (Å²) in [6, 6.07) is 17.5. The van der Waals surface area contributed by atoms with Crippen molar-refractivity contribution >= 4 is 38.8 Å². The molecule has 0 radical (unpaired) electrons. The van der Waals surface area contributed by atoms with Crippen LogP contribution in [0.4, 0.5) is 4.39 Å². The van der Waals surface area contributed by atoms with Crippen molar-refractivity contribution < 1.29 is 32.9 Å². The molecular weight excluding hydrogens is 569 g/mol. The number of H-pyrrole nitrogens is 1. The molecule has 1 saturated heterocycles. The van der Waals surface area contributed by atoms with Gasteiger partial charge in [-0.1, -0.05) is 36.4 Å². The van der Waals surface area contributed by atoms with E-state index >= 15 is 0 Å². The van der Waals surface area contributed by atoms with Crippen LogP contribution in [-0.2, 0) is 25.7 Å². The molecule has 5 rings (SSSR count). The van der Waals surface area contributed by atoms with Gasteiger partial charge in [-0.25, -0.2) is 4.39 Å². The molecule has 0 aliphatic carbocycles. The number of cyclic esters (lactones) is 2. The fourth-order valence-electron chi connectivity index (χ4n) is 4.84. The molecule has 1 aromatic heterocycles. The van der Waals surface area contributed by atoms with Crippen molar-refractivity contribution in [2.45, 2.75) is 39.1 Å². The van der Waals surface area contributed by atoms with Gasteiger partial charge < -0.3 is 23.9 Å². The van der Waals surface area contributed by atoms with Crippen LogP contribution < -0.4 is 9.47 Å². The van der Waals surface area contributed by atoms with Gasteiger partial charge in [0.15, 0.2) is 17.4 Å². The molecule has 0 unspecified atom stereocenters. The van der Waals surface area contributed by atoms with Crippen molar-refractivity contribution in [3.63, 3.8) is 0 Å². The molecule has 4 aromatic rings. The Morgan fingerprint density at radius 3 is 2.44 bits per heavy atom. The molecule has 0 amide bonds. The minimum Gasteiger partial charge on any atom is -0.490 e. The Kier molecular flexibility index (Phi) is 7.36. The highest BCUT2D eigenvalue weighted by atomic mass is 79.9. The fourth-order valence-corrected chi connectivity index (χ4v) is 5.41. The summed E-state index contributed by atoms with van der Waals surface area (Å²) >= 11 is 3.57. The first-order chi connectivity index (χ1) is 18.7. The fraction of sp³-hybridized carbons (Fsp3) is 0.267. The van der Waals surface area contributed by atoms with Gasteiger partial charge in [-0.05, 0) is 58.2 Å². The van der Waals surface area contributed by atoms with Gasteiger partial charge in [-0.15, -0.1) is 0 Å². The minimum absolute atomic E-state index is 0.0209. The highest BCUT2D eigenvalue weighted by Gasteiger charge is 2.49. The topological polar surface area (TPSA) is 86.9 Å². The molecule has 39 heavy (non-hydrogen) atoms. The van der Waals surface area contributed by atoms with E-state index in [2.05, 4.69) is 20.9 Å². The molecule has 7 nitrogen and oxygen atoms in total. The summed E-state index contributed by atoms with van der Waals surface area (Å²) in [4.78, 5) is 29.8. The van der Waals surface area contributed by atoms with Crippen LogP contribution in [-0.4, -0.2) is 29.3 Å². The average Bonchev–Trinajstić information content (AvgIpc) is 3.30. The number of carbonyl (C=O) groups is 2. The van der Waals surface area contributed by atoms with Crippen LogP contribution in [0.5, 0.6) is 11.5 Å². The number of ether oxygens (including phenoxy) is 4. The predicted molar refractivity (Wildman–Crippen MR) is 146 cm³/mol. The molecule has 0 bridgehead atoms. The van der Waals surface area contributed by atoms with E-state index in [4.69, 9.17) is 18.9 Å². The Balaban J connectivity index is 1.61. The third-order valence-corrected chi connectivity index (χ3v) is 7.10. The first kappa shape index (κ1) is 26.7. The summed E-state index contributed by atoms with van der Waals surface area (Å²) in [5.41, 5.74) is 2.57. The zero-order valence-corrected chi connectivity index (χ0v) is 23.2. The van der Waals surface area contributed by atoms with Crippen molar-refractivity contribution in [2.24, 2.45) is 5.92 Å². The van der Waals surface area contributed by atoms with Gasteiger partial charge in [0.05, 0.1) is 11.1 Å². The third-order valence-electron chi connectivity index (χ3n) is 6.51. The monoisotopic (exact) mass is 595 g/mol. The summed E-state index contributed by atoms with van der Waals surface area (Å²) in [6.45, 7) is 5.17. The lowest BCUT2D eigenvalue weighted by Crippen LogP contribution is -2.48. The van der Waals surface area contributed by atoms with Gasteiger partial charge >= 0.3 is 11.9 Å². The van der Waals surface area contributed by atoms with Crippen LogP contribution in [0, 0.1) is 11.7 Å². The van der Waals surface area contributed by atoms with Gasteiger partial charge in [-0.3, -0.25) is 9.59 Å². The second kappa shape index (κ2) is 10.7. The SMILES string of the molecule is CCOc1cc([C@H](c2c[nH]c3ccccc23)C2C(=O)OC(C)(C)OC2=O)cc(Br)c1OCc1ccccc1F. The van der Waals surface area contributed by atoms with E-state index in [1.165, 1.54) is 19.9 Å². The van der Waals surface area contributed by atoms with Crippen LogP contribution >= 0.6 is 15.9 Å². The zero-order chi connectivity index (χ0) is 27.7. The molecule has 1 N–H and O–H groups in total. The molecule has 2 heterocycles. The third kappa shape index (κ3) is 5.36. The lowest BCUT2D eigenvalue weighted by molar-refractivity contribution is -0.240. The van der Waals surface area contributed by atoms with Crippen molar-refractivity contribution in [1.82, 2.24) is 4.98 Å². The minimum atomic E-state index is -1.36. The quantitative estimate of drug-likeness (QED) is 0.182. The summed E-state index contributed by atoms with van der Waals surface area (Å²) in [5, 5.41) is 0.849. The van der Waals surface area contributed by atoms with E-state index in [0.29, 0.717) is 33.7 Å². The number of para-hydroxylation sites is 1. The molecule has 3 aromatic carbocycles. The highest BCUT2D eigenvalue weighted by molar-refractivity contribution is 9.10. The molecule has 1 fully saturated rings. The average molecular weight is 596 g/mol. The molecule has 0 spiro atoms. The maximum Gasteiger partial charge on any atom is 0.324 e. The summed E-state index contributed by atoms with van der Waals surface area (Å²) in [7, 11) is 0. The van der Waals surface area contributed by atoms with Gasteiger partial charge in [0.2, 0.25) is 0 Å². The van der Waals surface area contributed by atoms with Gasteiger partial charge in [0.25, 0.3) is 5.79 Å². The van der Waals surface area contributed by atoms with Crippen molar-refractivity contribution in [1.29, 1.82) is 0 Å². The summed E-state index contributed by atoms with van der Waals surface area (Å²) in [6.07, 6.45) is 1.78. The lowest BCUT2D eigenvalue weighted by Gasteiger charge is -2.36. The standard InChI is InChI=1S/C30H27BrFNO6/c1-4-36-24-14-18(13-21(31)27(24)37-16-17-9-5-7-11-22(17)32)25(20-15-33-23-12-8-6-10-19(20)23)26-28(34)38-30(2,3)39-29(26)35/h5-15,25-26,33H,4,16H2,1-3H3/t25-/m1/s1. The Bertz CT molecular complexity index is 1530. The molecular formula is C30H27BrFNO6. The number of fused-ring (bicyclic) bond motifs is 1. The second-order valence-corrected chi connectivity index (χ2v) is 10.5. The number of esters is 2. The lowest BCUT2D eigenvalue weighted by atomic mass is 9.80. The molecule has 202 valence electrons. The van der Waals surface area contributed by atoms with E-state index in [-0.39, 0.29) is 12.4 Å². The van der Waals surface area contributed by atoms with Crippen molar-refractivity contribution in [3.05, 3.63) is 93.8 Å². The van der Waals surface area contributed by atoms with Gasteiger partial charge in [0.1, 0.15) is 12.4 Å². The summed E-state index contributed by atoms with van der Waals surface area (Å²) in [5.74, 6) is -4.38. The predicted octanol–water partition coefficient (Wildman–Crippen LogP) is 6.63. The second-order valence-electron chi connectivity index (χ2n) is 9.63. The van der Waals surface area contributed by atoms with Crippen molar-refractivity contribution in [3.8, 4) is 11.5 Å². The number of hydrogen-bond acceptors (Lipinski definition) is 6. The van der Waals surface area contributed by atoms with E-state index in [0.717, 1.165) is 16.5 Å². The van der Waals surface area contributed by atoms with E-state index < -0.39 is 29.6 Å². The van der Waals surface area contributed by atoms with E-state index in [1.54, 1.807) is 36.5 Å². The Morgan fingerprint density at radius 1 is 1.03 bits per heavy atom. The Morgan fingerprint density at radius 2 is 1.72 bits per heavy atom. The number of halogens is 2. The van der Waals surface area contributed by atoms with Crippen LogP contribution in [0.2, 0.25) is 0 Å². The number of nitrogens with one attached hydrogen (secondary N) is 1. The number of aromatic amines is 1. The molecule has 1 aliphatic heterocycles. The number of hydrogen-bond donors (Lipinski definition) is 1. The number of rotatable bonds is 8.